The Morgan fingerprint density at radius 3 is 2.96 bits per heavy atom. The summed E-state index contributed by atoms with van der Waals surface area (Å²) in [6, 6.07) is 12.5. The Bertz CT molecular complexity index is 950. The number of rotatable bonds is 4. The van der Waals surface area contributed by atoms with E-state index in [0.29, 0.717) is 6.54 Å². The molecule has 0 radical (unpaired) electrons. The van der Waals surface area contributed by atoms with Crippen molar-refractivity contribution in [3.05, 3.63) is 60.3 Å². The van der Waals surface area contributed by atoms with E-state index in [-0.39, 0.29) is 12.1 Å². The Hall–Kier alpha value is -2.93. The van der Waals surface area contributed by atoms with Crippen molar-refractivity contribution in [3.63, 3.8) is 0 Å². The van der Waals surface area contributed by atoms with Gasteiger partial charge < -0.3 is 14.8 Å². The SMILES string of the molecule is CN(C)C(=O)NC[C@H]1CN(Cc2ccc3ccccc3n2)Cc2cncn21. The smallest absolute Gasteiger partial charge is 0.316 e. The van der Waals surface area contributed by atoms with Gasteiger partial charge in [0.1, 0.15) is 0 Å². The van der Waals surface area contributed by atoms with Crippen molar-refractivity contribution in [3.8, 4) is 0 Å². The van der Waals surface area contributed by atoms with E-state index in [0.717, 1.165) is 41.9 Å². The van der Waals surface area contributed by atoms with E-state index in [1.807, 2.05) is 30.7 Å². The van der Waals surface area contributed by atoms with Gasteiger partial charge in [-0.3, -0.25) is 9.88 Å². The molecule has 1 aromatic carbocycles. The third kappa shape index (κ3) is 3.78. The highest BCUT2D eigenvalue weighted by atomic mass is 16.2. The Morgan fingerprint density at radius 2 is 2.11 bits per heavy atom. The van der Waals surface area contributed by atoms with Crippen LogP contribution in [-0.2, 0) is 13.1 Å². The molecule has 7 heteroatoms. The van der Waals surface area contributed by atoms with Crippen molar-refractivity contribution in [2.75, 3.05) is 27.2 Å². The average Bonchev–Trinajstić information content (AvgIpc) is 3.14. The summed E-state index contributed by atoms with van der Waals surface area (Å²) in [6.45, 7) is 3.01. The number of hydrogen-bond donors (Lipinski definition) is 1. The first-order valence-electron chi connectivity index (χ1n) is 9.13. The van der Waals surface area contributed by atoms with E-state index in [1.54, 1.807) is 19.0 Å². The van der Waals surface area contributed by atoms with Crippen LogP contribution in [0.4, 0.5) is 4.79 Å². The first-order valence-corrected chi connectivity index (χ1v) is 9.13. The normalized spacial score (nSPS) is 16.9. The number of hydrogen-bond acceptors (Lipinski definition) is 4. The lowest BCUT2D eigenvalue weighted by atomic mass is 10.1. The summed E-state index contributed by atoms with van der Waals surface area (Å²) in [5.74, 6) is 0. The minimum atomic E-state index is -0.0787. The summed E-state index contributed by atoms with van der Waals surface area (Å²) < 4.78 is 2.17. The molecule has 3 aromatic rings. The van der Waals surface area contributed by atoms with Crippen LogP contribution in [-0.4, -0.2) is 57.6 Å². The molecule has 140 valence electrons. The number of urea groups is 1. The molecule has 3 heterocycles. The monoisotopic (exact) mass is 364 g/mol. The van der Waals surface area contributed by atoms with E-state index >= 15 is 0 Å². The van der Waals surface area contributed by atoms with Crippen LogP contribution in [0, 0.1) is 0 Å². The molecule has 0 bridgehead atoms. The van der Waals surface area contributed by atoms with Gasteiger partial charge in [-0.2, -0.15) is 0 Å². The number of aromatic nitrogens is 3. The predicted molar refractivity (Wildman–Crippen MR) is 104 cm³/mol. The number of carbonyl (C=O) groups excluding carboxylic acids is 1. The number of pyridine rings is 1. The fourth-order valence-corrected chi connectivity index (χ4v) is 3.53. The highest BCUT2D eigenvalue weighted by molar-refractivity contribution is 5.78. The van der Waals surface area contributed by atoms with Crippen molar-refractivity contribution in [2.45, 2.75) is 19.1 Å². The minimum absolute atomic E-state index is 0.0787. The second-order valence-electron chi connectivity index (χ2n) is 7.19. The van der Waals surface area contributed by atoms with Gasteiger partial charge in [0.25, 0.3) is 0 Å². The second-order valence-corrected chi connectivity index (χ2v) is 7.19. The second kappa shape index (κ2) is 7.36. The van der Waals surface area contributed by atoms with Crippen molar-refractivity contribution in [1.82, 2.24) is 29.7 Å². The number of imidazole rings is 1. The maximum absolute atomic E-state index is 11.9. The zero-order chi connectivity index (χ0) is 18.8. The van der Waals surface area contributed by atoms with Crippen LogP contribution in [0.2, 0.25) is 0 Å². The van der Waals surface area contributed by atoms with Gasteiger partial charge in [0, 0.05) is 51.9 Å². The summed E-state index contributed by atoms with van der Waals surface area (Å²) >= 11 is 0. The molecule has 0 saturated heterocycles. The van der Waals surface area contributed by atoms with E-state index in [9.17, 15) is 4.79 Å². The predicted octanol–water partition coefficient (Wildman–Crippen LogP) is 2.26. The molecule has 0 spiro atoms. The molecule has 27 heavy (non-hydrogen) atoms. The van der Waals surface area contributed by atoms with Crippen LogP contribution >= 0.6 is 0 Å². The van der Waals surface area contributed by atoms with Gasteiger partial charge in [-0.05, 0) is 12.1 Å². The first kappa shape index (κ1) is 17.5. The molecule has 7 nitrogen and oxygen atoms in total. The number of nitrogens with one attached hydrogen (secondary N) is 1. The fraction of sp³-hybridized carbons (Fsp3) is 0.350. The number of benzene rings is 1. The van der Waals surface area contributed by atoms with E-state index in [4.69, 9.17) is 4.98 Å². The number of amides is 2. The van der Waals surface area contributed by atoms with Gasteiger partial charge in [0.15, 0.2) is 0 Å². The lowest BCUT2D eigenvalue weighted by Gasteiger charge is -2.34. The highest BCUT2D eigenvalue weighted by Gasteiger charge is 2.25. The van der Waals surface area contributed by atoms with Gasteiger partial charge in [-0.25, -0.2) is 9.78 Å². The fourth-order valence-electron chi connectivity index (χ4n) is 3.53. The number of para-hydroxylation sites is 1. The average molecular weight is 364 g/mol. The lowest BCUT2D eigenvalue weighted by molar-refractivity contribution is 0.170. The molecule has 4 rings (SSSR count). The van der Waals surface area contributed by atoms with E-state index in [1.165, 1.54) is 0 Å². The summed E-state index contributed by atoms with van der Waals surface area (Å²) in [6.07, 6.45) is 3.76. The molecule has 0 unspecified atom stereocenters. The van der Waals surface area contributed by atoms with Crippen molar-refractivity contribution in [1.29, 1.82) is 0 Å². The number of fused-ring (bicyclic) bond motifs is 2. The number of nitrogens with zero attached hydrogens (tertiary/aromatic N) is 5. The van der Waals surface area contributed by atoms with Crippen LogP contribution in [0.25, 0.3) is 10.9 Å². The van der Waals surface area contributed by atoms with Gasteiger partial charge >= 0.3 is 6.03 Å². The Balaban J connectivity index is 1.49. The van der Waals surface area contributed by atoms with E-state index in [2.05, 4.69) is 38.0 Å². The highest BCUT2D eigenvalue weighted by Crippen LogP contribution is 2.22. The zero-order valence-electron chi connectivity index (χ0n) is 15.7. The molecule has 0 saturated carbocycles. The van der Waals surface area contributed by atoms with Crippen LogP contribution in [0.3, 0.4) is 0 Å². The summed E-state index contributed by atoms with van der Waals surface area (Å²) in [7, 11) is 3.49. The maximum atomic E-state index is 11.9. The molecule has 0 aliphatic carbocycles. The Morgan fingerprint density at radius 1 is 1.26 bits per heavy atom. The number of carbonyl (C=O) groups is 1. The van der Waals surface area contributed by atoms with Crippen molar-refractivity contribution >= 4 is 16.9 Å². The lowest BCUT2D eigenvalue weighted by Crippen LogP contribution is -2.44. The Labute approximate surface area is 158 Å². The van der Waals surface area contributed by atoms with Crippen LogP contribution in [0.15, 0.2) is 48.9 Å². The summed E-state index contributed by atoms with van der Waals surface area (Å²) in [5, 5.41) is 4.14. The third-order valence-electron chi connectivity index (χ3n) is 4.93. The topological polar surface area (TPSA) is 66.3 Å². The largest absolute Gasteiger partial charge is 0.336 e. The standard InChI is InChI=1S/C20H24N6O/c1-24(2)20(27)22-10-18-13-25(12-17-9-21-14-26(17)18)11-16-8-7-15-5-3-4-6-19(15)23-16/h3-9,14,18H,10-13H2,1-2H3,(H,22,27)/t18-/m0/s1. The summed E-state index contributed by atoms with van der Waals surface area (Å²) in [5.41, 5.74) is 3.23. The third-order valence-corrected chi connectivity index (χ3v) is 4.93. The first-order chi connectivity index (χ1) is 13.1. The van der Waals surface area contributed by atoms with Gasteiger partial charge in [0.05, 0.1) is 29.3 Å². The molecule has 1 atom stereocenters. The van der Waals surface area contributed by atoms with Crippen LogP contribution < -0.4 is 5.32 Å². The molecule has 1 aliphatic rings. The molecular weight excluding hydrogens is 340 g/mol. The van der Waals surface area contributed by atoms with Crippen LogP contribution in [0.5, 0.6) is 0 Å². The van der Waals surface area contributed by atoms with Gasteiger partial charge in [0.2, 0.25) is 0 Å². The van der Waals surface area contributed by atoms with Gasteiger partial charge in [-0.1, -0.05) is 24.3 Å². The quantitative estimate of drug-likeness (QED) is 0.771. The molecule has 0 fully saturated rings. The van der Waals surface area contributed by atoms with Crippen LogP contribution in [0.1, 0.15) is 17.4 Å². The summed E-state index contributed by atoms with van der Waals surface area (Å²) in [4.78, 5) is 24.9. The molecule has 2 amide bonds. The maximum Gasteiger partial charge on any atom is 0.316 e. The molecule has 1 aliphatic heterocycles. The van der Waals surface area contributed by atoms with Crippen molar-refractivity contribution < 1.29 is 4.79 Å². The molecular formula is C20H24N6O. The van der Waals surface area contributed by atoms with E-state index < -0.39 is 0 Å². The minimum Gasteiger partial charge on any atom is -0.336 e. The van der Waals surface area contributed by atoms with Gasteiger partial charge in [-0.15, -0.1) is 0 Å². The zero-order valence-corrected chi connectivity index (χ0v) is 15.7. The molecule has 1 N–H and O–H groups in total. The Kier molecular flexibility index (Phi) is 4.77. The molecule has 2 aromatic heterocycles. The van der Waals surface area contributed by atoms with Crippen molar-refractivity contribution in [2.24, 2.45) is 0 Å².